The molecule has 5 nitrogen and oxygen atoms in total. The van der Waals surface area contributed by atoms with E-state index < -0.39 is 0 Å². The lowest BCUT2D eigenvalue weighted by Gasteiger charge is -2.32. The van der Waals surface area contributed by atoms with Crippen LogP contribution in [0.25, 0.3) is 0 Å². The molecule has 0 bridgehead atoms. The molecular weight excluding hydrogens is 364 g/mol. The first kappa shape index (κ1) is 18.1. The molecule has 6 heteroatoms. The van der Waals surface area contributed by atoms with Gasteiger partial charge in [0.05, 0.1) is 0 Å². The fraction of sp³-hybridized carbons (Fsp3) is 0.381. The summed E-state index contributed by atoms with van der Waals surface area (Å²) in [6, 6.07) is 13.5. The molecular formula is C21H23ClN2O3. The van der Waals surface area contributed by atoms with Crippen LogP contribution in [0.1, 0.15) is 28.8 Å². The Bertz CT molecular complexity index is 802. The summed E-state index contributed by atoms with van der Waals surface area (Å²) < 4.78 is 11.1. The van der Waals surface area contributed by atoms with Crippen molar-refractivity contribution in [2.24, 2.45) is 0 Å². The number of carbonyl (C=O) groups excluding carboxylic acids is 1. The maximum Gasteiger partial charge on any atom is 0.251 e. The number of piperidine rings is 1. The minimum Gasteiger partial charge on any atom is -0.486 e. The normalized spacial score (nSPS) is 17.5. The number of ether oxygens (including phenoxy) is 2. The second kappa shape index (κ2) is 8.19. The molecule has 1 N–H and O–H groups in total. The van der Waals surface area contributed by atoms with Crippen molar-refractivity contribution in [1.29, 1.82) is 0 Å². The number of amides is 1. The van der Waals surface area contributed by atoms with Crippen molar-refractivity contribution in [3.05, 3.63) is 58.6 Å². The highest BCUT2D eigenvalue weighted by molar-refractivity contribution is 6.30. The highest BCUT2D eigenvalue weighted by Crippen LogP contribution is 2.30. The van der Waals surface area contributed by atoms with Crippen LogP contribution in [0.15, 0.2) is 42.5 Å². The summed E-state index contributed by atoms with van der Waals surface area (Å²) in [6.45, 7) is 3.92. The van der Waals surface area contributed by atoms with E-state index >= 15 is 0 Å². The standard InChI is InChI=1S/C21H23ClN2O3/c22-17-4-1-15(2-5-17)14-24-9-7-18(8-10-24)23-21(25)16-3-6-19-20(13-16)27-12-11-26-19/h1-6,13,18H,7-12,14H2,(H,23,25). The van der Waals surface area contributed by atoms with Gasteiger partial charge >= 0.3 is 0 Å². The molecule has 0 radical (unpaired) electrons. The molecule has 0 saturated carbocycles. The van der Waals surface area contributed by atoms with Crippen LogP contribution in [0.2, 0.25) is 5.02 Å². The van der Waals surface area contributed by atoms with E-state index in [9.17, 15) is 4.79 Å². The van der Waals surface area contributed by atoms with Crippen LogP contribution in [-0.2, 0) is 6.54 Å². The zero-order chi connectivity index (χ0) is 18.6. The third kappa shape index (κ3) is 4.54. The highest BCUT2D eigenvalue weighted by atomic mass is 35.5. The smallest absolute Gasteiger partial charge is 0.251 e. The second-order valence-electron chi connectivity index (χ2n) is 7.01. The fourth-order valence-corrected chi connectivity index (χ4v) is 3.66. The third-order valence-electron chi connectivity index (χ3n) is 5.05. The molecule has 0 aliphatic carbocycles. The molecule has 1 amide bonds. The Morgan fingerprint density at radius 1 is 1.04 bits per heavy atom. The van der Waals surface area contributed by atoms with Gasteiger partial charge in [-0.1, -0.05) is 23.7 Å². The van der Waals surface area contributed by atoms with Crippen molar-refractivity contribution < 1.29 is 14.3 Å². The predicted molar refractivity (Wildman–Crippen MR) is 105 cm³/mol. The molecule has 0 aromatic heterocycles. The zero-order valence-electron chi connectivity index (χ0n) is 15.1. The Hall–Kier alpha value is -2.24. The molecule has 2 aliphatic heterocycles. The lowest BCUT2D eigenvalue weighted by atomic mass is 10.0. The minimum absolute atomic E-state index is 0.0527. The Morgan fingerprint density at radius 3 is 2.48 bits per heavy atom. The van der Waals surface area contributed by atoms with Gasteiger partial charge in [-0.2, -0.15) is 0 Å². The quantitative estimate of drug-likeness (QED) is 0.873. The zero-order valence-corrected chi connectivity index (χ0v) is 15.9. The van der Waals surface area contributed by atoms with Gasteiger partial charge in [-0.05, 0) is 48.7 Å². The number of hydrogen-bond acceptors (Lipinski definition) is 4. The van der Waals surface area contributed by atoms with E-state index in [0.29, 0.717) is 30.3 Å². The van der Waals surface area contributed by atoms with Crippen LogP contribution in [0.5, 0.6) is 11.5 Å². The number of benzene rings is 2. The van der Waals surface area contributed by atoms with Crippen LogP contribution < -0.4 is 14.8 Å². The number of carbonyl (C=O) groups is 1. The van der Waals surface area contributed by atoms with E-state index in [2.05, 4.69) is 22.3 Å². The van der Waals surface area contributed by atoms with Crippen molar-refractivity contribution in [2.75, 3.05) is 26.3 Å². The van der Waals surface area contributed by atoms with Crippen molar-refractivity contribution in [1.82, 2.24) is 10.2 Å². The van der Waals surface area contributed by atoms with Gasteiger partial charge in [-0.15, -0.1) is 0 Å². The predicted octanol–water partition coefficient (Wildman–Crippen LogP) is 3.51. The summed E-state index contributed by atoms with van der Waals surface area (Å²) in [5, 5.41) is 3.92. The van der Waals surface area contributed by atoms with Crippen LogP contribution >= 0.6 is 11.6 Å². The Labute approximate surface area is 164 Å². The van der Waals surface area contributed by atoms with Crippen LogP contribution in [0.4, 0.5) is 0 Å². The van der Waals surface area contributed by atoms with Gasteiger partial charge in [-0.3, -0.25) is 9.69 Å². The van der Waals surface area contributed by atoms with Crippen molar-refractivity contribution in [2.45, 2.75) is 25.4 Å². The van der Waals surface area contributed by atoms with E-state index in [0.717, 1.165) is 37.5 Å². The number of fused-ring (bicyclic) bond motifs is 1. The Kier molecular flexibility index (Phi) is 5.50. The molecule has 4 rings (SSSR count). The summed E-state index contributed by atoms with van der Waals surface area (Å²) >= 11 is 5.94. The molecule has 142 valence electrons. The van der Waals surface area contributed by atoms with Crippen molar-refractivity contribution in [3.8, 4) is 11.5 Å². The number of nitrogens with one attached hydrogen (secondary N) is 1. The maximum atomic E-state index is 12.6. The molecule has 2 aromatic carbocycles. The van der Waals surface area contributed by atoms with Crippen LogP contribution in [0.3, 0.4) is 0 Å². The first-order chi connectivity index (χ1) is 13.2. The number of halogens is 1. The number of rotatable bonds is 4. The summed E-state index contributed by atoms with van der Waals surface area (Å²) in [5.74, 6) is 1.29. The number of hydrogen-bond donors (Lipinski definition) is 1. The van der Waals surface area contributed by atoms with Crippen molar-refractivity contribution in [3.63, 3.8) is 0 Å². The maximum absolute atomic E-state index is 12.6. The van der Waals surface area contributed by atoms with Gasteiger partial charge in [0.15, 0.2) is 11.5 Å². The SMILES string of the molecule is O=C(NC1CCN(Cc2ccc(Cl)cc2)CC1)c1ccc2c(c1)OCCO2. The van der Waals surface area contributed by atoms with Gasteiger partial charge in [0.25, 0.3) is 5.91 Å². The van der Waals surface area contributed by atoms with E-state index in [-0.39, 0.29) is 11.9 Å². The highest BCUT2D eigenvalue weighted by Gasteiger charge is 2.22. The Morgan fingerprint density at radius 2 is 1.74 bits per heavy atom. The molecule has 2 aromatic rings. The topological polar surface area (TPSA) is 50.8 Å². The summed E-state index contributed by atoms with van der Waals surface area (Å²) in [7, 11) is 0. The number of likely N-dealkylation sites (tertiary alicyclic amines) is 1. The largest absolute Gasteiger partial charge is 0.486 e. The lowest BCUT2D eigenvalue weighted by molar-refractivity contribution is 0.0907. The van der Waals surface area contributed by atoms with Crippen molar-refractivity contribution >= 4 is 17.5 Å². The Balaban J connectivity index is 1.28. The average Bonchev–Trinajstić information content (AvgIpc) is 2.71. The molecule has 0 atom stereocenters. The minimum atomic E-state index is -0.0527. The molecule has 1 saturated heterocycles. The monoisotopic (exact) mass is 386 g/mol. The summed E-state index contributed by atoms with van der Waals surface area (Å²) in [4.78, 5) is 15.0. The van der Waals surface area contributed by atoms with Gasteiger partial charge in [0, 0.05) is 36.3 Å². The van der Waals surface area contributed by atoms with Crippen LogP contribution in [-0.4, -0.2) is 43.2 Å². The molecule has 0 spiro atoms. The van der Waals surface area contributed by atoms with Gasteiger partial charge in [-0.25, -0.2) is 0 Å². The number of nitrogens with zero attached hydrogens (tertiary/aromatic N) is 1. The van der Waals surface area contributed by atoms with E-state index in [1.165, 1.54) is 5.56 Å². The average molecular weight is 387 g/mol. The first-order valence-corrected chi connectivity index (χ1v) is 9.72. The van der Waals surface area contributed by atoms with E-state index in [4.69, 9.17) is 21.1 Å². The first-order valence-electron chi connectivity index (χ1n) is 9.35. The molecule has 0 unspecified atom stereocenters. The lowest BCUT2D eigenvalue weighted by Crippen LogP contribution is -2.44. The van der Waals surface area contributed by atoms with Crippen LogP contribution in [0, 0.1) is 0 Å². The molecule has 2 aliphatic rings. The summed E-state index contributed by atoms with van der Waals surface area (Å²) in [6.07, 6.45) is 1.90. The summed E-state index contributed by atoms with van der Waals surface area (Å²) in [5.41, 5.74) is 1.88. The molecule has 2 heterocycles. The van der Waals surface area contributed by atoms with E-state index in [1.54, 1.807) is 18.2 Å². The third-order valence-corrected chi connectivity index (χ3v) is 5.30. The van der Waals surface area contributed by atoms with Gasteiger partial charge < -0.3 is 14.8 Å². The van der Waals surface area contributed by atoms with E-state index in [1.807, 2.05) is 12.1 Å². The second-order valence-corrected chi connectivity index (χ2v) is 7.45. The van der Waals surface area contributed by atoms with Gasteiger partial charge in [0.1, 0.15) is 13.2 Å². The van der Waals surface area contributed by atoms with Gasteiger partial charge in [0.2, 0.25) is 0 Å². The molecule has 27 heavy (non-hydrogen) atoms. The molecule has 1 fully saturated rings. The fourth-order valence-electron chi connectivity index (χ4n) is 3.54.